The standard InChI is InChI=1S/C10H19N3.C5H5N.2HI.Pt/c1-3-5-7-12-9-11-13(10-12)8-6-4-2;1-2-4-6-5-3-1;;;/h9H,3-8H2,1-2H3;1-5H;2*1H;/q;;;;+2/p-2. The van der Waals surface area contributed by atoms with Crippen molar-refractivity contribution in [2.24, 2.45) is 5.10 Å². The van der Waals surface area contributed by atoms with Crippen molar-refractivity contribution in [3.8, 4) is 0 Å². The Hall–Kier alpha value is 0.568. The van der Waals surface area contributed by atoms with Crippen LogP contribution < -0.4 is 0 Å². The number of hydrogen-bond donors (Lipinski definition) is 0. The largest absolute Gasteiger partial charge is 0.265 e. The minimum atomic E-state index is 0.523. The summed E-state index contributed by atoms with van der Waals surface area (Å²) in [6.45, 7) is 9.63. The van der Waals surface area contributed by atoms with Gasteiger partial charge in [-0.2, -0.15) is 5.10 Å². The van der Waals surface area contributed by atoms with E-state index in [1.807, 2.05) is 34.4 Å². The molecule has 0 unspecified atom stereocenters. The Kier molecular flexibility index (Phi) is 18.4. The van der Waals surface area contributed by atoms with E-state index in [0.717, 1.165) is 13.1 Å². The Morgan fingerprint density at radius 3 is 2.05 bits per heavy atom. The second-order valence-corrected chi connectivity index (χ2v) is 21.0. The molecular formula is C15H24I2N4Pt. The Bertz CT molecular complexity index is 312. The van der Waals surface area contributed by atoms with Crippen LogP contribution in [0.2, 0.25) is 0 Å². The van der Waals surface area contributed by atoms with Gasteiger partial charge in [0.15, 0.2) is 0 Å². The van der Waals surface area contributed by atoms with Crippen LogP contribution in [0.5, 0.6) is 0 Å². The van der Waals surface area contributed by atoms with Crippen molar-refractivity contribution < 1.29 is 11.2 Å². The molecule has 2 rings (SSSR count). The summed E-state index contributed by atoms with van der Waals surface area (Å²) in [5, 5.41) is 6.13. The van der Waals surface area contributed by atoms with Gasteiger partial charge in [0, 0.05) is 25.5 Å². The van der Waals surface area contributed by atoms with Gasteiger partial charge in [0.2, 0.25) is 6.67 Å². The molecule has 22 heavy (non-hydrogen) atoms. The first-order valence-electron chi connectivity index (χ1n) is 7.30. The summed E-state index contributed by atoms with van der Waals surface area (Å²) in [4.78, 5) is 5.83. The Balaban J connectivity index is 0.000000404. The van der Waals surface area contributed by atoms with E-state index < -0.39 is 0 Å². The van der Waals surface area contributed by atoms with Gasteiger partial charge in [-0.1, -0.05) is 32.8 Å². The topological polar surface area (TPSA) is 31.7 Å². The summed E-state index contributed by atoms with van der Waals surface area (Å²) < 4.78 is 0. The van der Waals surface area contributed by atoms with Crippen LogP contribution in [0.4, 0.5) is 0 Å². The van der Waals surface area contributed by atoms with Crippen LogP contribution in [0, 0.1) is 6.67 Å². The monoisotopic (exact) mass is 709 g/mol. The van der Waals surface area contributed by atoms with Crippen LogP contribution in [-0.4, -0.2) is 34.3 Å². The molecule has 1 aliphatic heterocycles. The number of aromatic nitrogens is 1. The third-order valence-electron chi connectivity index (χ3n) is 2.62. The Morgan fingerprint density at radius 1 is 1.00 bits per heavy atom. The predicted molar refractivity (Wildman–Crippen MR) is 107 cm³/mol. The average Bonchev–Trinajstić information content (AvgIpc) is 3.02. The van der Waals surface area contributed by atoms with Crippen LogP contribution in [-0.2, 0) is 11.2 Å². The predicted octanol–water partition coefficient (Wildman–Crippen LogP) is 4.99. The minimum absolute atomic E-state index is 0.523. The van der Waals surface area contributed by atoms with Crippen molar-refractivity contribution in [3.63, 3.8) is 0 Å². The second-order valence-electron chi connectivity index (χ2n) is 4.42. The van der Waals surface area contributed by atoms with Crippen LogP contribution >= 0.6 is 38.7 Å². The van der Waals surface area contributed by atoms with Crippen LogP contribution in [0.3, 0.4) is 0 Å². The number of hydrogen-bond acceptors (Lipinski definition) is 4. The van der Waals surface area contributed by atoms with E-state index in [1.165, 1.54) is 25.7 Å². The van der Waals surface area contributed by atoms with Gasteiger partial charge in [-0.15, -0.1) is 0 Å². The molecule has 0 bridgehead atoms. The van der Waals surface area contributed by atoms with Gasteiger partial charge in [0.05, 0.1) is 0 Å². The van der Waals surface area contributed by atoms with Crippen molar-refractivity contribution in [2.45, 2.75) is 39.5 Å². The first-order valence-corrected chi connectivity index (χ1v) is 20.2. The number of unbranched alkanes of at least 4 members (excludes halogenated alkanes) is 2. The van der Waals surface area contributed by atoms with Crippen LogP contribution in [0.15, 0.2) is 35.7 Å². The van der Waals surface area contributed by atoms with Gasteiger partial charge < -0.3 is 4.90 Å². The van der Waals surface area contributed by atoms with Crippen LogP contribution in [0.1, 0.15) is 39.5 Å². The molecular weight excluding hydrogens is 685 g/mol. The number of rotatable bonds is 6. The Morgan fingerprint density at radius 2 is 1.59 bits per heavy atom. The Labute approximate surface area is 164 Å². The van der Waals surface area contributed by atoms with Crippen molar-refractivity contribution in [3.05, 3.63) is 37.3 Å². The van der Waals surface area contributed by atoms with E-state index in [9.17, 15) is 0 Å². The summed E-state index contributed by atoms with van der Waals surface area (Å²) >= 11 is 5.30. The van der Waals surface area contributed by atoms with Gasteiger partial charge in [0.1, 0.15) is 6.34 Å². The molecule has 2 radical (unpaired) electrons. The van der Waals surface area contributed by atoms with E-state index in [1.54, 1.807) is 12.4 Å². The fraction of sp³-hybridized carbons (Fsp3) is 0.533. The maximum absolute atomic E-state index is 4.23. The molecule has 128 valence electrons. The molecule has 1 aromatic rings. The molecule has 0 spiro atoms. The van der Waals surface area contributed by atoms with E-state index >= 15 is 0 Å². The summed E-state index contributed by atoms with van der Waals surface area (Å²) in [6, 6.07) is 5.72. The zero-order valence-corrected chi connectivity index (χ0v) is 19.7. The maximum atomic E-state index is 4.23. The number of nitrogens with zero attached hydrogens (tertiary/aromatic N) is 4. The van der Waals surface area contributed by atoms with Crippen molar-refractivity contribution in [2.75, 3.05) is 13.1 Å². The molecule has 0 aromatic carbocycles. The van der Waals surface area contributed by atoms with E-state index in [4.69, 9.17) is 0 Å². The molecule has 0 saturated heterocycles. The fourth-order valence-corrected chi connectivity index (χ4v) is 1.49. The van der Waals surface area contributed by atoms with Gasteiger partial charge in [-0.25, -0.2) is 0 Å². The third-order valence-corrected chi connectivity index (χ3v) is 2.62. The first kappa shape index (κ1) is 22.6. The van der Waals surface area contributed by atoms with Gasteiger partial charge in [-0.3, -0.25) is 9.99 Å². The molecule has 7 heteroatoms. The molecule has 1 aliphatic rings. The summed E-state index contributed by atoms with van der Waals surface area (Å²) in [7, 11) is 0. The average molecular weight is 709 g/mol. The molecule has 2 heterocycles. The van der Waals surface area contributed by atoms with Gasteiger partial charge >= 0.3 is 49.9 Å². The summed E-state index contributed by atoms with van der Waals surface area (Å²) in [5.74, 6) is 0. The molecule has 0 fully saturated rings. The smallest absolute Gasteiger partial charge is 0.0267 e. The van der Waals surface area contributed by atoms with Crippen molar-refractivity contribution >= 4 is 45.0 Å². The molecule has 0 N–H and O–H groups in total. The SMILES string of the molecule is CCCCN1[C]N(CCCC)N=C1.[I][Pt][I].c1ccncc1. The fourth-order valence-electron chi connectivity index (χ4n) is 1.49. The molecule has 0 atom stereocenters. The van der Waals surface area contributed by atoms with E-state index in [-0.39, 0.29) is 0 Å². The summed E-state index contributed by atoms with van der Waals surface area (Å²) in [5.41, 5.74) is 0. The van der Waals surface area contributed by atoms with Gasteiger partial charge in [-0.05, 0) is 25.0 Å². The van der Waals surface area contributed by atoms with Gasteiger partial charge in [0.25, 0.3) is 0 Å². The molecule has 1 aromatic heterocycles. The zero-order valence-electron chi connectivity index (χ0n) is 13.1. The minimum Gasteiger partial charge on any atom is -0.265 e. The number of pyridine rings is 1. The normalized spacial score (nSPS) is 12.5. The summed E-state index contributed by atoms with van der Waals surface area (Å²) in [6.07, 6.45) is 10.2. The van der Waals surface area contributed by atoms with E-state index in [2.05, 4.69) is 69.3 Å². The molecule has 4 nitrogen and oxygen atoms in total. The quantitative estimate of drug-likeness (QED) is 0.391. The molecule has 0 aliphatic carbocycles. The first-order chi connectivity index (χ1) is 10.8. The van der Waals surface area contributed by atoms with Crippen LogP contribution in [0.25, 0.3) is 0 Å². The van der Waals surface area contributed by atoms with Crippen molar-refractivity contribution in [1.29, 1.82) is 0 Å². The third kappa shape index (κ3) is 14.2. The molecule has 0 saturated carbocycles. The van der Waals surface area contributed by atoms with Crippen molar-refractivity contribution in [1.82, 2.24) is 14.9 Å². The zero-order chi connectivity index (χ0) is 16.5. The second kappa shape index (κ2) is 17.9. The molecule has 0 amide bonds. The van der Waals surface area contributed by atoms with E-state index in [0.29, 0.717) is 11.2 Å². The number of hydrazone groups is 1. The maximum Gasteiger partial charge on any atom is 0.0267 e. The number of halogens is 2.